The SMILES string of the molecule is CCOC1CC(NC(=O)CC2COCCN2)C1. The van der Waals surface area contributed by atoms with E-state index in [4.69, 9.17) is 9.47 Å². The number of carbonyl (C=O) groups excluding carboxylic acids is 1. The van der Waals surface area contributed by atoms with E-state index >= 15 is 0 Å². The summed E-state index contributed by atoms with van der Waals surface area (Å²) in [5.41, 5.74) is 0. The van der Waals surface area contributed by atoms with Crippen LogP contribution in [0.15, 0.2) is 0 Å². The first kappa shape index (κ1) is 12.8. The van der Waals surface area contributed by atoms with Crippen LogP contribution in [-0.4, -0.2) is 50.5 Å². The van der Waals surface area contributed by atoms with Gasteiger partial charge in [0.25, 0.3) is 0 Å². The van der Waals surface area contributed by atoms with Gasteiger partial charge in [0, 0.05) is 31.7 Å². The minimum absolute atomic E-state index is 0.118. The van der Waals surface area contributed by atoms with Crippen LogP contribution in [0.2, 0.25) is 0 Å². The number of amides is 1. The Morgan fingerprint density at radius 2 is 2.35 bits per heavy atom. The van der Waals surface area contributed by atoms with Gasteiger partial charge in [0.1, 0.15) is 0 Å². The molecular weight excluding hydrogens is 220 g/mol. The first-order valence-electron chi connectivity index (χ1n) is 6.50. The molecule has 1 atom stereocenters. The molecule has 0 aromatic rings. The lowest BCUT2D eigenvalue weighted by molar-refractivity contribution is -0.124. The lowest BCUT2D eigenvalue weighted by atomic mass is 9.89. The maximum absolute atomic E-state index is 11.7. The summed E-state index contributed by atoms with van der Waals surface area (Å²) in [6, 6.07) is 0.482. The Labute approximate surface area is 102 Å². The summed E-state index contributed by atoms with van der Waals surface area (Å²) in [7, 11) is 0. The zero-order chi connectivity index (χ0) is 12.1. The molecule has 0 bridgehead atoms. The van der Waals surface area contributed by atoms with Crippen LogP contribution in [0, 0.1) is 0 Å². The van der Waals surface area contributed by atoms with E-state index in [1.165, 1.54) is 0 Å². The van der Waals surface area contributed by atoms with Gasteiger partial charge in [0.15, 0.2) is 0 Å². The van der Waals surface area contributed by atoms with Crippen LogP contribution in [0.1, 0.15) is 26.2 Å². The van der Waals surface area contributed by atoms with Crippen molar-refractivity contribution in [2.45, 2.75) is 44.4 Å². The Balaban J connectivity index is 1.58. The standard InChI is InChI=1S/C12H22N2O3/c1-2-17-11-5-9(6-11)14-12(15)7-10-8-16-4-3-13-10/h9-11,13H,2-8H2,1H3,(H,14,15). The Morgan fingerprint density at radius 3 is 3.00 bits per heavy atom. The molecule has 98 valence electrons. The van der Waals surface area contributed by atoms with Crippen molar-refractivity contribution in [3.05, 3.63) is 0 Å². The largest absolute Gasteiger partial charge is 0.378 e. The molecule has 2 aliphatic rings. The molecule has 0 spiro atoms. The molecule has 0 aromatic heterocycles. The minimum atomic E-state index is 0.118. The van der Waals surface area contributed by atoms with Crippen LogP contribution < -0.4 is 10.6 Å². The third-order valence-corrected chi connectivity index (χ3v) is 3.29. The summed E-state index contributed by atoms with van der Waals surface area (Å²) < 4.78 is 10.8. The number of hydrogen-bond acceptors (Lipinski definition) is 4. The Kier molecular flexibility index (Phi) is 4.76. The predicted octanol–water partition coefficient (Wildman–Crippen LogP) is 0.0486. The maximum Gasteiger partial charge on any atom is 0.221 e. The number of rotatable bonds is 5. The highest BCUT2D eigenvalue weighted by Gasteiger charge is 2.31. The van der Waals surface area contributed by atoms with Crippen molar-refractivity contribution in [3.8, 4) is 0 Å². The molecular formula is C12H22N2O3. The second kappa shape index (κ2) is 6.33. The van der Waals surface area contributed by atoms with Gasteiger partial charge in [-0.2, -0.15) is 0 Å². The molecule has 1 unspecified atom stereocenters. The lowest BCUT2D eigenvalue weighted by Crippen LogP contribution is -2.50. The molecule has 0 radical (unpaired) electrons. The summed E-state index contributed by atoms with van der Waals surface area (Å²) >= 11 is 0. The lowest BCUT2D eigenvalue weighted by Gasteiger charge is -2.35. The fraction of sp³-hybridized carbons (Fsp3) is 0.917. The summed E-state index contributed by atoms with van der Waals surface area (Å²) in [6.07, 6.45) is 2.76. The molecule has 1 saturated carbocycles. The van der Waals surface area contributed by atoms with E-state index in [2.05, 4.69) is 10.6 Å². The zero-order valence-electron chi connectivity index (χ0n) is 10.4. The van der Waals surface area contributed by atoms with Crippen LogP contribution in [-0.2, 0) is 14.3 Å². The van der Waals surface area contributed by atoms with Gasteiger partial charge in [0.05, 0.1) is 19.3 Å². The van der Waals surface area contributed by atoms with Gasteiger partial charge in [-0.3, -0.25) is 4.79 Å². The third-order valence-electron chi connectivity index (χ3n) is 3.29. The van der Waals surface area contributed by atoms with E-state index < -0.39 is 0 Å². The van der Waals surface area contributed by atoms with Crippen molar-refractivity contribution in [3.63, 3.8) is 0 Å². The van der Waals surface area contributed by atoms with Crippen molar-refractivity contribution >= 4 is 5.91 Å². The maximum atomic E-state index is 11.7. The highest BCUT2D eigenvalue weighted by Crippen LogP contribution is 2.23. The molecule has 2 fully saturated rings. The predicted molar refractivity (Wildman–Crippen MR) is 63.8 cm³/mol. The summed E-state index contributed by atoms with van der Waals surface area (Å²) in [5.74, 6) is 0.118. The second-order valence-electron chi connectivity index (χ2n) is 4.74. The van der Waals surface area contributed by atoms with Crippen molar-refractivity contribution in [1.82, 2.24) is 10.6 Å². The van der Waals surface area contributed by atoms with E-state index in [-0.39, 0.29) is 11.9 Å². The highest BCUT2D eigenvalue weighted by atomic mass is 16.5. The average Bonchev–Trinajstić information content (AvgIpc) is 2.27. The van der Waals surface area contributed by atoms with E-state index in [0.29, 0.717) is 25.2 Å². The van der Waals surface area contributed by atoms with Crippen molar-refractivity contribution in [1.29, 1.82) is 0 Å². The molecule has 2 rings (SSSR count). The van der Waals surface area contributed by atoms with Gasteiger partial charge in [-0.25, -0.2) is 0 Å². The van der Waals surface area contributed by atoms with Gasteiger partial charge in [-0.1, -0.05) is 0 Å². The fourth-order valence-corrected chi connectivity index (χ4v) is 2.32. The number of carbonyl (C=O) groups is 1. The number of hydrogen-bond donors (Lipinski definition) is 2. The van der Waals surface area contributed by atoms with Crippen molar-refractivity contribution in [2.75, 3.05) is 26.4 Å². The van der Waals surface area contributed by atoms with Gasteiger partial charge >= 0.3 is 0 Å². The zero-order valence-corrected chi connectivity index (χ0v) is 10.4. The summed E-state index contributed by atoms with van der Waals surface area (Å²) in [5, 5.41) is 6.32. The molecule has 1 saturated heterocycles. The topological polar surface area (TPSA) is 59.6 Å². The normalized spacial score (nSPS) is 32.9. The molecule has 1 heterocycles. The summed E-state index contributed by atoms with van der Waals surface area (Å²) in [6.45, 7) is 4.99. The minimum Gasteiger partial charge on any atom is -0.378 e. The van der Waals surface area contributed by atoms with E-state index in [1.807, 2.05) is 6.92 Å². The van der Waals surface area contributed by atoms with Crippen molar-refractivity contribution < 1.29 is 14.3 Å². The van der Waals surface area contributed by atoms with Gasteiger partial charge in [-0.15, -0.1) is 0 Å². The number of ether oxygens (including phenoxy) is 2. The van der Waals surface area contributed by atoms with Crippen LogP contribution >= 0.6 is 0 Å². The molecule has 1 aliphatic heterocycles. The van der Waals surface area contributed by atoms with Crippen LogP contribution in [0.4, 0.5) is 0 Å². The molecule has 5 heteroatoms. The smallest absolute Gasteiger partial charge is 0.221 e. The first-order valence-corrected chi connectivity index (χ1v) is 6.50. The third kappa shape index (κ3) is 3.94. The van der Waals surface area contributed by atoms with Gasteiger partial charge in [-0.05, 0) is 19.8 Å². The number of morpholine rings is 1. The first-order chi connectivity index (χ1) is 8.28. The Morgan fingerprint density at radius 1 is 1.53 bits per heavy atom. The molecule has 17 heavy (non-hydrogen) atoms. The fourth-order valence-electron chi connectivity index (χ4n) is 2.32. The van der Waals surface area contributed by atoms with Gasteiger partial charge < -0.3 is 20.1 Å². The van der Waals surface area contributed by atoms with Crippen molar-refractivity contribution in [2.24, 2.45) is 0 Å². The molecule has 0 aromatic carbocycles. The quantitative estimate of drug-likeness (QED) is 0.715. The van der Waals surface area contributed by atoms with Crippen LogP contribution in [0.3, 0.4) is 0 Å². The van der Waals surface area contributed by atoms with E-state index in [9.17, 15) is 4.79 Å². The van der Waals surface area contributed by atoms with E-state index in [0.717, 1.165) is 32.6 Å². The number of nitrogens with one attached hydrogen (secondary N) is 2. The van der Waals surface area contributed by atoms with Crippen LogP contribution in [0.5, 0.6) is 0 Å². The molecule has 2 N–H and O–H groups in total. The van der Waals surface area contributed by atoms with E-state index in [1.54, 1.807) is 0 Å². The van der Waals surface area contributed by atoms with Crippen LogP contribution in [0.25, 0.3) is 0 Å². The molecule has 5 nitrogen and oxygen atoms in total. The van der Waals surface area contributed by atoms with Gasteiger partial charge in [0.2, 0.25) is 5.91 Å². The monoisotopic (exact) mass is 242 g/mol. The highest BCUT2D eigenvalue weighted by molar-refractivity contribution is 5.77. The Bertz CT molecular complexity index is 248. The summed E-state index contributed by atoms with van der Waals surface area (Å²) in [4.78, 5) is 11.7. The Hall–Kier alpha value is -0.650. The second-order valence-corrected chi connectivity index (χ2v) is 4.74. The average molecular weight is 242 g/mol. The molecule has 1 amide bonds. The molecule has 1 aliphatic carbocycles.